The highest BCUT2D eigenvalue weighted by Crippen LogP contribution is 2.43. The van der Waals surface area contributed by atoms with E-state index in [-0.39, 0.29) is 11.3 Å². The molecule has 0 aliphatic carbocycles. The van der Waals surface area contributed by atoms with Crippen LogP contribution in [-0.2, 0) is 19.4 Å². The average molecular weight is 572 g/mol. The second kappa shape index (κ2) is 10.3. The normalized spacial score (nSPS) is 30.6. The number of aryl methyl sites for hydroxylation is 1. The number of anilines is 1. The highest BCUT2D eigenvalue weighted by molar-refractivity contribution is 5.98. The topological polar surface area (TPSA) is 73.8 Å². The van der Waals surface area contributed by atoms with Crippen LogP contribution in [0.15, 0.2) is 30.3 Å². The fourth-order valence-corrected chi connectivity index (χ4v) is 8.98. The average Bonchev–Trinajstić information content (AvgIpc) is 3.64. The summed E-state index contributed by atoms with van der Waals surface area (Å²) >= 11 is 0. The summed E-state index contributed by atoms with van der Waals surface area (Å²) in [7, 11) is 0. The van der Waals surface area contributed by atoms with Crippen LogP contribution in [0.5, 0.6) is 11.8 Å². The second-order valence-corrected chi connectivity index (χ2v) is 13.5. The molecular formula is C34H42FN5O2. The molecule has 42 heavy (non-hydrogen) atoms. The van der Waals surface area contributed by atoms with E-state index in [2.05, 4.69) is 40.2 Å². The van der Waals surface area contributed by atoms with Gasteiger partial charge in [-0.05, 0) is 80.5 Å². The van der Waals surface area contributed by atoms with Gasteiger partial charge in [0.1, 0.15) is 18.5 Å². The van der Waals surface area contributed by atoms with Gasteiger partial charge in [-0.2, -0.15) is 9.97 Å². The third-order valence-corrected chi connectivity index (χ3v) is 10.9. The number of alkyl halides is 1. The highest BCUT2D eigenvalue weighted by Gasteiger charge is 2.49. The van der Waals surface area contributed by atoms with E-state index in [1.165, 1.54) is 35.0 Å². The first-order valence-corrected chi connectivity index (χ1v) is 16.2. The number of ether oxygens (including phenoxy) is 1. The van der Waals surface area contributed by atoms with Crippen LogP contribution in [0.1, 0.15) is 80.3 Å². The number of hydrogen-bond donors (Lipinski definition) is 2. The van der Waals surface area contributed by atoms with Crippen molar-refractivity contribution in [1.29, 1.82) is 0 Å². The number of phenolic OH excluding ortho intramolecular Hbond substituents is 1. The number of nitrogens with one attached hydrogen (secondary N) is 1. The number of rotatable bonds is 6. The lowest BCUT2D eigenvalue weighted by Crippen LogP contribution is -2.43. The molecule has 5 aliphatic heterocycles. The summed E-state index contributed by atoms with van der Waals surface area (Å²) < 4.78 is 20.9. The van der Waals surface area contributed by atoms with E-state index in [9.17, 15) is 9.50 Å². The molecule has 3 aromatic rings. The Bertz CT molecular complexity index is 1500. The molecule has 5 aliphatic rings. The molecule has 2 bridgehead atoms. The lowest BCUT2D eigenvalue weighted by Gasteiger charge is -2.35. The van der Waals surface area contributed by atoms with Crippen LogP contribution in [0.25, 0.3) is 10.8 Å². The van der Waals surface area contributed by atoms with E-state index < -0.39 is 6.17 Å². The van der Waals surface area contributed by atoms with Crippen LogP contribution in [0.3, 0.4) is 0 Å². The van der Waals surface area contributed by atoms with Crippen LogP contribution in [0.4, 0.5) is 10.1 Å². The molecule has 0 saturated carbocycles. The van der Waals surface area contributed by atoms with E-state index in [1.54, 1.807) is 0 Å². The molecule has 1 aromatic heterocycles. The molecule has 4 fully saturated rings. The molecule has 4 saturated heterocycles. The van der Waals surface area contributed by atoms with Gasteiger partial charge >= 0.3 is 6.01 Å². The summed E-state index contributed by atoms with van der Waals surface area (Å²) in [5, 5.41) is 16.7. The minimum Gasteiger partial charge on any atom is -0.508 e. The molecule has 222 valence electrons. The van der Waals surface area contributed by atoms with Crippen LogP contribution >= 0.6 is 0 Å². The summed E-state index contributed by atoms with van der Waals surface area (Å²) in [6.07, 6.45) is 8.35. The Morgan fingerprint density at radius 1 is 1.14 bits per heavy atom. The fraction of sp³-hybridized carbons (Fsp3) is 0.588. The molecule has 0 spiro atoms. The summed E-state index contributed by atoms with van der Waals surface area (Å²) in [6.45, 7) is 5.61. The summed E-state index contributed by atoms with van der Waals surface area (Å²) in [5.74, 6) is 0.697. The molecule has 2 N–H and O–H groups in total. The number of halogens is 1. The van der Waals surface area contributed by atoms with Crippen molar-refractivity contribution in [2.24, 2.45) is 0 Å². The lowest BCUT2D eigenvalue weighted by molar-refractivity contribution is 0.106. The van der Waals surface area contributed by atoms with Gasteiger partial charge in [-0.1, -0.05) is 25.1 Å². The number of nitrogens with zero attached hydrogens (tertiary/aromatic N) is 4. The molecule has 5 atom stereocenters. The Labute approximate surface area is 247 Å². The number of aromatic nitrogens is 2. The van der Waals surface area contributed by atoms with Gasteiger partial charge in [0.15, 0.2) is 0 Å². The van der Waals surface area contributed by atoms with Crippen molar-refractivity contribution in [3.8, 4) is 11.8 Å². The Balaban J connectivity index is 1.15. The molecule has 7 nitrogen and oxygen atoms in total. The fourth-order valence-electron chi connectivity index (χ4n) is 8.98. The highest BCUT2D eigenvalue weighted by atomic mass is 19.1. The Kier molecular flexibility index (Phi) is 6.56. The maximum absolute atomic E-state index is 14.5. The minimum atomic E-state index is -0.780. The number of benzene rings is 2. The SMILES string of the molecule is CCc1cccc2cc(O)cc(N3CCc4c(nc(OC[C@@]56CCCN5C[C@H](F)C6)nc4[C@@H]4C[C@H]5CC[C@@H](C4)N5)C3)c12. The Hall–Kier alpha value is -2.97. The molecule has 6 heterocycles. The smallest absolute Gasteiger partial charge is 0.316 e. The van der Waals surface area contributed by atoms with E-state index in [0.717, 1.165) is 68.4 Å². The predicted octanol–water partition coefficient (Wildman–Crippen LogP) is 5.41. The molecule has 0 unspecified atom stereocenters. The maximum atomic E-state index is 14.5. The van der Waals surface area contributed by atoms with Gasteiger partial charge in [0.2, 0.25) is 0 Å². The van der Waals surface area contributed by atoms with Crippen LogP contribution < -0.4 is 15.0 Å². The lowest BCUT2D eigenvalue weighted by atomic mass is 9.85. The zero-order valence-electron chi connectivity index (χ0n) is 24.6. The molecule has 0 radical (unpaired) electrons. The first-order chi connectivity index (χ1) is 20.5. The number of piperidine rings is 1. The van der Waals surface area contributed by atoms with Crippen LogP contribution in [0, 0.1) is 0 Å². The number of phenols is 1. The van der Waals surface area contributed by atoms with Gasteiger partial charge in [0.25, 0.3) is 0 Å². The predicted molar refractivity (Wildman–Crippen MR) is 162 cm³/mol. The largest absolute Gasteiger partial charge is 0.508 e. The number of aromatic hydroxyl groups is 1. The summed E-state index contributed by atoms with van der Waals surface area (Å²) in [4.78, 5) is 14.9. The van der Waals surface area contributed by atoms with Crippen molar-refractivity contribution in [1.82, 2.24) is 20.2 Å². The van der Waals surface area contributed by atoms with Gasteiger partial charge in [-0.25, -0.2) is 4.39 Å². The number of fused-ring (bicyclic) bond motifs is 5. The van der Waals surface area contributed by atoms with Crippen molar-refractivity contribution in [3.63, 3.8) is 0 Å². The van der Waals surface area contributed by atoms with Crippen molar-refractivity contribution in [2.45, 2.75) is 101 Å². The third kappa shape index (κ3) is 4.53. The summed E-state index contributed by atoms with van der Waals surface area (Å²) in [5.41, 5.74) is 5.63. The first kappa shape index (κ1) is 26.6. The van der Waals surface area contributed by atoms with E-state index in [1.807, 2.05) is 12.1 Å². The first-order valence-electron chi connectivity index (χ1n) is 16.2. The second-order valence-electron chi connectivity index (χ2n) is 13.5. The van der Waals surface area contributed by atoms with E-state index in [4.69, 9.17) is 14.7 Å². The Morgan fingerprint density at radius 2 is 2.00 bits per heavy atom. The third-order valence-electron chi connectivity index (χ3n) is 10.9. The van der Waals surface area contributed by atoms with Gasteiger partial charge in [-0.3, -0.25) is 4.90 Å². The maximum Gasteiger partial charge on any atom is 0.316 e. The van der Waals surface area contributed by atoms with Gasteiger partial charge in [0, 0.05) is 54.7 Å². The van der Waals surface area contributed by atoms with Crippen molar-refractivity contribution in [2.75, 3.05) is 31.1 Å². The minimum absolute atomic E-state index is 0.226. The molecule has 8 rings (SSSR count). The van der Waals surface area contributed by atoms with Crippen molar-refractivity contribution < 1.29 is 14.2 Å². The quantitative estimate of drug-likeness (QED) is 0.410. The van der Waals surface area contributed by atoms with Crippen molar-refractivity contribution >= 4 is 16.5 Å². The van der Waals surface area contributed by atoms with Crippen molar-refractivity contribution in [3.05, 3.63) is 52.8 Å². The molecule has 2 aromatic carbocycles. The van der Waals surface area contributed by atoms with E-state index >= 15 is 0 Å². The van der Waals surface area contributed by atoms with Crippen LogP contribution in [0.2, 0.25) is 0 Å². The Morgan fingerprint density at radius 3 is 2.83 bits per heavy atom. The molecule has 0 amide bonds. The molecule has 8 heteroatoms. The monoisotopic (exact) mass is 571 g/mol. The summed E-state index contributed by atoms with van der Waals surface area (Å²) in [6, 6.07) is 11.7. The number of hydrogen-bond acceptors (Lipinski definition) is 7. The van der Waals surface area contributed by atoms with Gasteiger partial charge < -0.3 is 20.1 Å². The van der Waals surface area contributed by atoms with Crippen LogP contribution in [-0.4, -0.2) is 70.0 Å². The van der Waals surface area contributed by atoms with E-state index in [0.29, 0.717) is 50.1 Å². The molecular weight excluding hydrogens is 529 g/mol. The van der Waals surface area contributed by atoms with Gasteiger partial charge in [-0.15, -0.1) is 0 Å². The zero-order valence-corrected chi connectivity index (χ0v) is 24.6. The zero-order chi connectivity index (χ0) is 28.4. The standard InChI is InChI=1S/C34H42FN5O2/c1-2-21-5-3-6-22-15-27(41)16-30(31(21)22)39-12-9-28-29(19-39)37-33(38-32(28)23-13-25-7-8-26(14-23)36-25)42-20-34-10-4-11-40(34)18-24(35)17-34/h3,5-6,15-16,23-26,36,41H,2,4,7-14,17-20H2,1H3/t23-,24-,25-,26+,34+/m1/s1. The van der Waals surface area contributed by atoms with Gasteiger partial charge in [0.05, 0.1) is 23.5 Å².